The van der Waals surface area contributed by atoms with Crippen LogP contribution < -0.4 is 9.47 Å². The normalized spacial score (nSPS) is 10.9. The van der Waals surface area contributed by atoms with Crippen molar-refractivity contribution in [3.8, 4) is 28.7 Å². The number of aromatic nitrogens is 1. The van der Waals surface area contributed by atoms with Gasteiger partial charge in [-0.05, 0) is 67.1 Å². The van der Waals surface area contributed by atoms with Gasteiger partial charge in [0.15, 0.2) is 5.58 Å². The van der Waals surface area contributed by atoms with Crippen LogP contribution in [0.25, 0.3) is 22.6 Å². The van der Waals surface area contributed by atoms with E-state index in [1.165, 1.54) is 0 Å². The second kappa shape index (κ2) is 6.73. The van der Waals surface area contributed by atoms with Crippen LogP contribution in [0.5, 0.6) is 17.2 Å². The molecule has 0 spiro atoms. The lowest BCUT2D eigenvalue weighted by atomic mass is 10.1. The Morgan fingerprint density at radius 3 is 2.35 bits per heavy atom. The minimum atomic E-state index is 0.573. The van der Waals surface area contributed by atoms with Crippen molar-refractivity contribution < 1.29 is 13.9 Å². The van der Waals surface area contributed by atoms with Gasteiger partial charge >= 0.3 is 0 Å². The lowest BCUT2D eigenvalue weighted by molar-refractivity contribution is 0.414. The van der Waals surface area contributed by atoms with Crippen LogP contribution in [0.4, 0.5) is 0 Å². The highest BCUT2D eigenvalue weighted by molar-refractivity contribution is 6.30. The van der Waals surface area contributed by atoms with Crippen molar-refractivity contribution >= 4 is 22.7 Å². The van der Waals surface area contributed by atoms with Gasteiger partial charge in [-0.1, -0.05) is 11.6 Å². The molecule has 26 heavy (non-hydrogen) atoms. The molecule has 3 aromatic carbocycles. The van der Waals surface area contributed by atoms with E-state index in [1.807, 2.05) is 55.5 Å². The first kappa shape index (κ1) is 16.5. The Bertz CT molecular complexity index is 1070. The summed E-state index contributed by atoms with van der Waals surface area (Å²) in [5.74, 6) is 2.76. The van der Waals surface area contributed by atoms with E-state index in [1.54, 1.807) is 19.2 Å². The third kappa shape index (κ3) is 3.24. The van der Waals surface area contributed by atoms with E-state index in [0.717, 1.165) is 22.4 Å². The molecule has 0 aliphatic carbocycles. The first-order valence-electron chi connectivity index (χ1n) is 8.11. The maximum absolute atomic E-state index is 5.95. The molecule has 0 saturated heterocycles. The van der Waals surface area contributed by atoms with E-state index in [0.29, 0.717) is 28.0 Å². The second-order valence-corrected chi connectivity index (χ2v) is 6.32. The number of oxazole rings is 1. The number of hydrogen-bond donors (Lipinski definition) is 0. The fourth-order valence-electron chi connectivity index (χ4n) is 2.73. The number of nitrogens with zero attached hydrogens (tertiary/aromatic N) is 1. The molecule has 4 aromatic rings. The molecule has 0 amide bonds. The maximum atomic E-state index is 5.95. The molecule has 130 valence electrons. The Kier molecular flexibility index (Phi) is 4.27. The summed E-state index contributed by atoms with van der Waals surface area (Å²) in [6.07, 6.45) is 0. The summed E-state index contributed by atoms with van der Waals surface area (Å²) in [5.41, 5.74) is 3.41. The van der Waals surface area contributed by atoms with Gasteiger partial charge in [0.25, 0.3) is 0 Å². The van der Waals surface area contributed by atoms with Gasteiger partial charge in [0.05, 0.1) is 7.11 Å². The highest BCUT2D eigenvalue weighted by Gasteiger charge is 2.12. The van der Waals surface area contributed by atoms with Gasteiger partial charge in [0.2, 0.25) is 5.89 Å². The predicted octanol–water partition coefficient (Wildman–Crippen LogP) is 6.26. The largest absolute Gasteiger partial charge is 0.497 e. The second-order valence-electron chi connectivity index (χ2n) is 5.89. The number of aryl methyl sites for hydroxylation is 1. The lowest BCUT2D eigenvalue weighted by Crippen LogP contribution is -1.87. The summed E-state index contributed by atoms with van der Waals surface area (Å²) < 4.78 is 17.0. The molecule has 0 saturated carbocycles. The highest BCUT2D eigenvalue weighted by Crippen LogP contribution is 2.32. The van der Waals surface area contributed by atoms with Crippen molar-refractivity contribution in [2.45, 2.75) is 6.92 Å². The third-order valence-corrected chi connectivity index (χ3v) is 4.33. The van der Waals surface area contributed by atoms with E-state index in [-0.39, 0.29) is 0 Å². The fraction of sp³-hybridized carbons (Fsp3) is 0.0952. The van der Waals surface area contributed by atoms with Gasteiger partial charge in [-0.3, -0.25) is 0 Å². The number of hydrogen-bond acceptors (Lipinski definition) is 4. The van der Waals surface area contributed by atoms with Crippen molar-refractivity contribution in [3.63, 3.8) is 0 Å². The molecule has 0 aliphatic rings. The monoisotopic (exact) mass is 365 g/mol. The molecule has 0 atom stereocenters. The van der Waals surface area contributed by atoms with E-state index in [9.17, 15) is 0 Å². The summed E-state index contributed by atoms with van der Waals surface area (Å²) >= 11 is 5.90. The third-order valence-electron chi connectivity index (χ3n) is 4.07. The van der Waals surface area contributed by atoms with E-state index >= 15 is 0 Å². The first-order chi connectivity index (χ1) is 12.6. The van der Waals surface area contributed by atoms with Crippen molar-refractivity contribution in [1.29, 1.82) is 0 Å². The number of ether oxygens (including phenoxy) is 2. The average Bonchev–Trinajstić information content (AvgIpc) is 3.06. The number of rotatable bonds is 4. The highest BCUT2D eigenvalue weighted by atomic mass is 35.5. The lowest BCUT2D eigenvalue weighted by Gasteiger charge is -2.05. The van der Waals surface area contributed by atoms with Crippen LogP contribution in [-0.4, -0.2) is 12.1 Å². The predicted molar refractivity (Wildman–Crippen MR) is 102 cm³/mol. The molecule has 4 nitrogen and oxygen atoms in total. The van der Waals surface area contributed by atoms with Gasteiger partial charge in [-0.2, -0.15) is 0 Å². The summed E-state index contributed by atoms with van der Waals surface area (Å²) in [4.78, 5) is 4.58. The molecule has 0 radical (unpaired) electrons. The molecule has 0 fully saturated rings. The Morgan fingerprint density at radius 1 is 0.885 bits per heavy atom. The van der Waals surface area contributed by atoms with Crippen molar-refractivity contribution in [3.05, 3.63) is 71.2 Å². The molecule has 5 heteroatoms. The van der Waals surface area contributed by atoms with Gasteiger partial charge in [0.1, 0.15) is 22.8 Å². The standard InChI is InChI=1S/C21H16ClNO3/c1-13-11-16(24-2)7-9-18(13)21-23-19-10-8-17(12-20(19)26-21)25-15-5-3-14(22)4-6-15/h3-12H,1-2H3. The van der Waals surface area contributed by atoms with Gasteiger partial charge < -0.3 is 13.9 Å². The summed E-state index contributed by atoms with van der Waals surface area (Å²) in [7, 11) is 1.65. The minimum absolute atomic E-state index is 0.573. The van der Waals surface area contributed by atoms with Crippen LogP contribution in [0.1, 0.15) is 5.56 Å². The Labute approximate surface area is 156 Å². The smallest absolute Gasteiger partial charge is 0.227 e. The van der Waals surface area contributed by atoms with Gasteiger partial charge in [-0.25, -0.2) is 4.98 Å². The quantitative estimate of drug-likeness (QED) is 0.428. The number of halogens is 1. The fourth-order valence-corrected chi connectivity index (χ4v) is 2.85. The van der Waals surface area contributed by atoms with Crippen molar-refractivity contribution in [1.82, 2.24) is 4.98 Å². The van der Waals surface area contributed by atoms with E-state index < -0.39 is 0 Å². The zero-order valence-electron chi connectivity index (χ0n) is 14.3. The SMILES string of the molecule is COc1ccc(-c2nc3ccc(Oc4ccc(Cl)cc4)cc3o2)c(C)c1. The molecule has 1 heterocycles. The molecule has 0 unspecified atom stereocenters. The topological polar surface area (TPSA) is 44.5 Å². The average molecular weight is 366 g/mol. The van der Waals surface area contributed by atoms with E-state index in [2.05, 4.69) is 4.98 Å². The Balaban J connectivity index is 1.66. The van der Waals surface area contributed by atoms with Gasteiger partial charge in [-0.15, -0.1) is 0 Å². The molecule has 0 bridgehead atoms. The maximum Gasteiger partial charge on any atom is 0.227 e. The first-order valence-corrected chi connectivity index (χ1v) is 8.49. The van der Waals surface area contributed by atoms with Crippen LogP contribution in [0.3, 0.4) is 0 Å². The van der Waals surface area contributed by atoms with Crippen LogP contribution in [0, 0.1) is 6.92 Å². The number of fused-ring (bicyclic) bond motifs is 1. The molecule has 0 N–H and O–H groups in total. The van der Waals surface area contributed by atoms with Gasteiger partial charge in [0, 0.05) is 16.7 Å². The molecular weight excluding hydrogens is 350 g/mol. The zero-order chi connectivity index (χ0) is 18.1. The van der Waals surface area contributed by atoms with Crippen LogP contribution in [0.15, 0.2) is 65.1 Å². The van der Waals surface area contributed by atoms with Crippen LogP contribution in [-0.2, 0) is 0 Å². The minimum Gasteiger partial charge on any atom is -0.497 e. The zero-order valence-corrected chi connectivity index (χ0v) is 15.1. The number of benzene rings is 3. The van der Waals surface area contributed by atoms with Crippen molar-refractivity contribution in [2.75, 3.05) is 7.11 Å². The molecule has 0 aliphatic heterocycles. The van der Waals surface area contributed by atoms with E-state index in [4.69, 9.17) is 25.5 Å². The molecule has 4 rings (SSSR count). The summed E-state index contributed by atoms with van der Waals surface area (Å²) in [6.45, 7) is 2.00. The molecular formula is C21H16ClNO3. The van der Waals surface area contributed by atoms with Crippen LogP contribution >= 0.6 is 11.6 Å². The van der Waals surface area contributed by atoms with Crippen LogP contribution in [0.2, 0.25) is 5.02 Å². The van der Waals surface area contributed by atoms with Crippen molar-refractivity contribution in [2.24, 2.45) is 0 Å². The number of methoxy groups -OCH3 is 1. The summed E-state index contributed by atoms with van der Waals surface area (Å²) in [5, 5.41) is 0.669. The summed E-state index contributed by atoms with van der Waals surface area (Å²) in [6, 6.07) is 18.6. The Hall–Kier alpha value is -2.98. The Morgan fingerprint density at radius 2 is 1.62 bits per heavy atom. The molecule has 1 aromatic heterocycles.